The number of carbonyl (C=O) groups excluding carboxylic acids is 1. The van der Waals surface area contributed by atoms with Crippen molar-refractivity contribution in [1.82, 2.24) is 4.98 Å². The highest BCUT2D eigenvalue weighted by molar-refractivity contribution is 7.15. The molecule has 5 aliphatic rings. The van der Waals surface area contributed by atoms with E-state index in [1.807, 2.05) is 0 Å². The van der Waals surface area contributed by atoms with E-state index in [2.05, 4.69) is 10.3 Å². The molecule has 124 valence electrons. The van der Waals surface area contributed by atoms with Crippen LogP contribution >= 0.6 is 11.3 Å². The third kappa shape index (κ3) is 2.43. The molecule has 23 heavy (non-hydrogen) atoms. The topological polar surface area (TPSA) is 68.0 Å². The molecule has 1 aromatic rings. The van der Waals surface area contributed by atoms with Gasteiger partial charge in [0.2, 0.25) is 5.91 Å². The molecule has 1 heterocycles. The van der Waals surface area contributed by atoms with Gasteiger partial charge in [-0.15, -0.1) is 11.3 Å². The maximum Gasteiger partial charge on any atom is 0.229 e. The van der Waals surface area contributed by atoms with E-state index in [-0.39, 0.29) is 17.9 Å². The zero-order chi connectivity index (χ0) is 15.6. The van der Waals surface area contributed by atoms with Crippen molar-refractivity contribution >= 4 is 22.4 Å². The van der Waals surface area contributed by atoms with Gasteiger partial charge in [-0.2, -0.15) is 0 Å². The SMILES string of the molecule is N[C@H]1CCc2nc(NC(=O)C3C4CC5CC(C4)CC3C5)sc2C1. The monoisotopic (exact) mass is 331 g/mol. The number of hydrogen-bond donors (Lipinski definition) is 2. The lowest BCUT2D eigenvalue weighted by Gasteiger charge is -2.53. The molecular weight excluding hydrogens is 306 g/mol. The number of thiazole rings is 1. The number of nitrogens with zero attached hydrogens (tertiary/aromatic N) is 1. The molecule has 0 spiro atoms. The summed E-state index contributed by atoms with van der Waals surface area (Å²) in [6.45, 7) is 0. The van der Waals surface area contributed by atoms with Gasteiger partial charge in [-0.25, -0.2) is 4.98 Å². The fourth-order valence-electron chi connectivity index (χ4n) is 6.00. The molecule has 0 aromatic carbocycles. The molecule has 0 aliphatic heterocycles. The van der Waals surface area contributed by atoms with Gasteiger partial charge >= 0.3 is 0 Å². The van der Waals surface area contributed by atoms with Gasteiger partial charge in [0.25, 0.3) is 0 Å². The van der Waals surface area contributed by atoms with Gasteiger partial charge in [0.15, 0.2) is 5.13 Å². The number of aryl methyl sites for hydroxylation is 1. The summed E-state index contributed by atoms with van der Waals surface area (Å²) >= 11 is 1.65. The van der Waals surface area contributed by atoms with Crippen LogP contribution in [-0.4, -0.2) is 16.9 Å². The first-order valence-corrected chi connectivity index (χ1v) is 10.0. The summed E-state index contributed by atoms with van der Waals surface area (Å²) in [4.78, 5) is 18.9. The number of amides is 1. The lowest BCUT2D eigenvalue weighted by molar-refractivity contribution is -0.132. The zero-order valence-corrected chi connectivity index (χ0v) is 14.3. The molecule has 0 radical (unpaired) electrons. The van der Waals surface area contributed by atoms with E-state index >= 15 is 0 Å². The number of anilines is 1. The molecule has 0 saturated heterocycles. The molecule has 5 aliphatic carbocycles. The molecule has 1 aromatic heterocycles. The van der Waals surface area contributed by atoms with Gasteiger partial charge in [0, 0.05) is 16.8 Å². The van der Waals surface area contributed by atoms with E-state index in [0.717, 1.165) is 41.9 Å². The van der Waals surface area contributed by atoms with Crippen LogP contribution in [0.25, 0.3) is 0 Å². The summed E-state index contributed by atoms with van der Waals surface area (Å²) in [6.07, 6.45) is 9.47. The molecule has 1 amide bonds. The number of fused-ring (bicyclic) bond motifs is 1. The highest BCUT2D eigenvalue weighted by atomic mass is 32.1. The van der Waals surface area contributed by atoms with Crippen molar-refractivity contribution in [2.75, 3.05) is 5.32 Å². The largest absolute Gasteiger partial charge is 0.327 e. The number of hydrogen-bond acceptors (Lipinski definition) is 4. The van der Waals surface area contributed by atoms with Crippen LogP contribution in [0.4, 0.5) is 5.13 Å². The fourth-order valence-corrected chi connectivity index (χ4v) is 7.10. The molecule has 4 bridgehead atoms. The summed E-state index contributed by atoms with van der Waals surface area (Å²) in [6, 6.07) is 0.260. The predicted octanol–water partition coefficient (Wildman–Crippen LogP) is 2.97. The van der Waals surface area contributed by atoms with Crippen molar-refractivity contribution in [2.24, 2.45) is 35.3 Å². The van der Waals surface area contributed by atoms with Crippen LogP contribution in [0.2, 0.25) is 0 Å². The van der Waals surface area contributed by atoms with Crippen LogP contribution in [0, 0.1) is 29.6 Å². The van der Waals surface area contributed by atoms with E-state index in [1.165, 1.54) is 37.0 Å². The number of nitrogens with two attached hydrogens (primary N) is 1. The van der Waals surface area contributed by atoms with E-state index in [4.69, 9.17) is 5.73 Å². The van der Waals surface area contributed by atoms with Gasteiger partial charge in [0.05, 0.1) is 5.69 Å². The summed E-state index contributed by atoms with van der Waals surface area (Å²) in [5.74, 6) is 3.58. The molecular formula is C18H25N3OS. The summed E-state index contributed by atoms with van der Waals surface area (Å²) in [7, 11) is 0. The highest BCUT2D eigenvalue weighted by Gasteiger charge is 2.50. The lowest BCUT2D eigenvalue weighted by atomic mass is 9.51. The standard InChI is InChI=1S/C18H25N3OS/c19-13-1-2-14-15(8-13)23-18(20-14)21-17(22)16-11-4-9-3-10(6-11)7-12(16)5-9/h9-13,16H,1-8,19H2,(H,20,21,22)/t9?,10?,11?,12?,13-,16?/m0/s1. The quantitative estimate of drug-likeness (QED) is 0.875. The van der Waals surface area contributed by atoms with Crippen LogP contribution in [-0.2, 0) is 17.6 Å². The van der Waals surface area contributed by atoms with Crippen LogP contribution in [0.3, 0.4) is 0 Å². The molecule has 4 saturated carbocycles. The molecule has 3 N–H and O–H groups in total. The minimum Gasteiger partial charge on any atom is -0.327 e. The minimum atomic E-state index is 0.242. The number of rotatable bonds is 2. The first kappa shape index (κ1) is 14.4. The van der Waals surface area contributed by atoms with Crippen molar-refractivity contribution in [3.05, 3.63) is 10.6 Å². The summed E-state index contributed by atoms with van der Waals surface area (Å²) in [5, 5.41) is 3.98. The first-order valence-electron chi connectivity index (χ1n) is 9.20. The molecule has 0 unspecified atom stereocenters. The smallest absolute Gasteiger partial charge is 0.229 e. The first-order chi connectivity index (χ1) is 11.2. The molecule has 5 heteroatoms. The Kier molecular flexibility index (Phi) is 3.31. The van der Waals surface area contributed by atoms with E-state index in [1.54, 1.807) is 11.3 Å². The van der Waals surface area contributed by atoms with Gasteiger partial charge in [-0.3, -0.25) is 4.79 Å². The summed E-state index contributed by atoms with van der Waals surface area (Å²) < 4.78 is 0. The normalized spacial score (nSPS) is 40.9. The Balaban J connectivity index is 1.32. The third-order valence-corrected chi connectivity index (χ3v) is 7.77. The van der Waals surface area contributed by atoms with Crippen molar-refractivity contribution in [1.29, 1.82) is 0 Å². The van der Waals surface area contributed by atoms with E-state index < -0.39 is 0 Å². The van der Waals surface area contributed by atoms with Crippen LogP contribution in [0.1, 0.15) is 49.1 Å². The Bertz CT molecular complexity index is 612. The van der Waals surface area contributed by atoms with Gasteiger partial charge < -0.3 is 11.1 Å². The second-order valence-electron chi connectivity index (χ2n) is 8.34. The van der Waals surface area contributed by atoms with Crippen molar-refractivity contribution < 1.29 is 4.79 Å². The minimum absolute atomic E-state index is 0.242. The Hall–Kier alpha value is -0.940. The predicted molar refractivity (Wildman–Crippen MR) is 91.3 cm³/mol. The Morgan fingerprint density at radius 1 is 1.13 bits per heavy atom. The van der Waals surface area contributed by atoms with E-state index in [9.17, 15) is 4.79 Å². The Morgan fingerprint density at radius 2 is 1.83 bits per heavy atom. The maximum atomic E-state index is 12.9. The zero-order valence-electron chi connectivity index (χ0n) is 13.5. The second-order valence-corrected chi connectivity index (χ2v) is 9.42. The molecule has 6 rings (SSSR count). The van der Waals surface area contributed by atoms with Crippen molar-refractivity contribution in [3.8, 4) is 0 Å². The molecule has 1 atom stereocenters. The van der Waals surface area contributed by atoms with Crippen LogP contribution in [0.15, 0.2) is 0 Å². The van der Waals surface area contributed by atoms with Crippen LogP contribution < -0.4 is 11.1 Å². The summed E-state index contributed by atoms with van der Waals surface area (Å²) in [5.41, 5.74) is 7.21. The van der Waals surface area contributed by atoms with Crippen molar-refractivity contribution in [3.63, 3.8) is 0 Å². The number of nitrogens with one attached hydrogen (secondary N) is 1. The van der Waals surface area contributed by atoms with Gasteiger partial charge in [-0.1, -0.05) is 0 Å². The average molecular weight is 331 g/mol. The Morgan fingerprint density at radius 3 is 2.52 bits per heavy atom. The Labute approximate surface area is 141 Å². The lowest BCUT2D eigenvalue weighted by Crippen LogP contribution is -2.49. The fraction of sp³-hybridized carbons (Fsp3) is 0.778. The van der Waals surface area contributed by atoms with Crippen LogP contribution in [0.5, 0.6) is 0 Å². The molecule has 4 nitrogen and oxygen atoms in total. The van der Waals surface area contributed by atoms with Gasteiger partial charge in [-0.05, 0) is 75.0 Å². The van der Waals surface area contributed by atoms with Crippen molar-refractivity contribution in [2.45, 2.75) is 57.4 Å². The molecule has 4 fully saturated rings. The highest BCUT2D eigenvalue weighted by Crippen LogP contribution is 2.56. The van der Waals surface area contributed by atoms with E-state index in [0.29, 0.717) is 11.8 Å². The number of carbonyl (C=O) groups is 1. The maximum absolute atomic E-state index is 12.9. The number of aromatic nitrogens is 1. The third-order valence-electron chi connectivity index (χ3n) is 6.74. The average Bonchev–Trinajstić information content (AvgIpc) is 2.87. The second kappa shape index (κ2) is 5.28. The van der Waals surface area contributed by atoms with Gasteiger partial charge in [0.1, 0.15) is 0 Å².